The van der Waals surface area contributed by atoms with Crippen LogP contribution in [-0.4, -0.2) is 41.3 Å². The Morgan fingerprint density at radius 1 is 1.05 bits per heavy atom. The summed E-state index contributed by atoms with van der Waals surface area (Å²) < 4.78 is 5.52. The van der Waals surface area contributed by atoms with Gasteiger partial charge in [0.1, 0.15) is 5.60 Å². The van der Waals surface area contributed by atoms with Gasteiger partial charge < -0.3 is 15.0 Å². The predicted octanol–water partition coefficient (Wildman–Crippen LogP) is 4.44. The number of hydrogen-bond donors (Lipinski definition) is 1. The fraction of sp³-hybridized carbons (Fsp3) is 0.944. The highest BCUT2D eigenvalue weighted by molar-refractivity contribution is 5.69. The van der Waals surface area contributed by atoms with E-state index in [1.165, 1.54) is 12.8 Å². The SMILES string of the molecule is CC(C)CCC(C)NCCN(C(=O)OC(C)(C)C)C(C)(C)C. The van der Waals surface area contributed by atoms with Gasteiger partial charge in [-0.05, 0) is 67.2 Å². The molecule has 0 aliphatic carbocycles. The molecule has 0 aliphatic rings. The number of hydrogen-bond acceptors (Lipinski definition) is 3. The third kappa shape index (κ3) is 10.0. The van der Waals surface area contributed by atoms with Crippen LogP contribution in [0.3, 0.4) is 0 Å². The molecule has 132 valence electrons. The Kier molecular flexibility index (Phi) is 8.45. The number of carbonyl (C=O) groups excluding carboxylic acids is 1. The summed E-state index contributed by atoms with van der Waals surface area (Å²) in [6, 6.07) is 0.475. The molecule has 0 aliphatic heterocycles. The molecule has 0 aromatic heterocycles. The lowest BCUT2D eigenvalue weighted by Crippen LogP contribution is -2.50. The Balaban J connectivity index is 4.42. The highest BCUT2D eigenvalue weighted by Crippen LogP contribution is 2.18. The van der Waals surface area contributed by atoms with Gasteiger partial charge in [-0.1, -0.05) is 13.8 Å². The van der Waals surface area contributed by atoms with Crippen LogP contribution in [0.5, 0.6) is 0 Å². The fourth-order valence-electron chi connectivity index (χ4n) is 2.13. The summed E-state index contributed by atoms with van der Waals surface area (Å²) in [7, 11) is 0. The minimum atomic E-state index is -0.460. The van der Waals surface area contributed by atoms with Crippen LogP contribution in [0, 0.1) is 5.92 Å². The molecule has 4 heteroatoms. The smallest absolute Gasteiger partial charge is 0.410 e. The molecule has 4 nitrogen and oxygen atoms in total. The summed E-state index contributed by atoms with van der Waals surface area (Å²) >= 11 is 0. The maximum atomic E-state index is 12.4. The van der Waals surface area contributed by atoms with E-state index >= 15 is 0 Å². The Morgan fingerprint density at radius 2 is 1.59 bits per heavy atom. The van der Waals surface area contributed by atoms with Gasteiger partial charge in [-0.2, -0.15) is 0 Å². The van der Waals surface area contributed by atoms with E-state index in [1.54, 1.807) is 4.90 Å². The lowest BCUT2D eigenvalue weighted by molar-refractivity contribution is 0.00647. The molecule has 1 atom stereocenters. The maximum absolute atomic E-state index is 12.4. The van der Waals surface area contributed by atoms with Gasteiger partial charge in [-0.15, -0.1) is 0 Å². The van der Waals surface area contributed by atoms with Crippen LogP contribution >= 0.6 is 0 Å². The molecule has 0 saturated carbocycles. The van der Waals surface area contributed by atoms with Crippen molar-refractivity contribution in [2.45, 2.75) is 92.3 Å². The van der Waals surface area contributed by atoms with Crippen molar-refractivity contribution in [3.05, 3.63) is 0 Å². The summed E-state index contributed by atoms with van der Waals surface area (Å²) in [6.45, 7) is 20.0. The van der Waals surface area contributed by atoms with Crippen molar-refractivity contribution in [2.24, 2.45) is 5.92 Å². The van der Waals surface area contributed by atoms with E-state index in [2.05, 4.69) is 26.1 Å². The van der Waals surface area contributed by atoms with Crippen LogP contribution in [0.25, 0.3) is 0 Å². The molecule has 0 fully saturated rings. The van der Waals surface area contributed by atoms with Gasteiger partial charge in [0.15, 0.2) is 0 Å². The van der Waals surface area contributed by atoms with Crippen molar-refractivity contribution in [3.8, 4) is 0 Å². The largest absolute Gasteiger partial charge is 0.444 e. The maximum Gasteiger partial charge on any atom is 0.410 e. The molecule has 22 heavy (non-hydrogen) atoms. The van der Waals surface area contributed by atoms with Gasteiger partial charge in [0, 0.05) is 24.7 Å². The third-order valence-corrected chi connectivity index (χ3v) is 3.43. The van der Waals surface area contributed by atoms with E-state index in [1.807, 2.05) is 41.5 Å². The van der Waals surface area contributed by atoms with E-state index in [0.29, 0.717) is 12.6 Å². The molecule has 1 unspecified atom stereocenters. The summed E-state index contributed by atoms with van der Waals surface area (Å²) in [5, 5.41) is 3.51. The second-order valence-electron chi connectivity index (χ2n) is 8.63. The predicted molar refractivity (Wildman–Crippen MR) is 94.2 cm³/mol. The first-order valence-electron chi connectivity index (χ1n) is 8.57. The standard InChI is InChI=1S/C18H38N2O2/c1-14(2)10-11-15(3)19-12-13-20(17(4,5)6)16(21)22-18(7,8)9/h14-15,19H,10-13H2,1-9H3. The molecule has 0 bridgehead atoms. The zero-order valence-electron chi connectivity index (χ0n) is 16.2. The quantitative estimate of drug-likeness (QED) is 0.755. The van der Waals surface area contributed by atoms with Crippen molar-refractivity contribution >= 4 is 6.09 Å². The second kappa shape index (κ2) is 8.76. The molecular formula is C18H38N2O2. The van der Waals surface area contributed by atoms with Gasteiger partial charge in [-0.3, -0.25) is 0 Å². The summed E-state index contributed by atoms with van der Waals surface area (Å²) in [5.41, 5.74) is -0.705. The second-order valence-corrected chi connectivity index (χ2v) is 8.63. The van der Waals surface area contributed by atoms with Crippen molar-refractivity contribution in [1.29, 1.82) is 0 Å². The first kappa shape index (κ1) is 21.2. The molecule has 0 aromatic carbocycles. The van der Waals surface area contributed by atoms with E-state index < -0.39 is 5.60 Å². The molecule has 0 radical (unpaired) electrons. The summed E-state index contributed by atoms with van der Waals surface area (Å²) in [4.78, 5) is 14.2. The Hall–Kier alpha value is -0.770. The molecule has 0 spiro atoms. The zero-order valence-corrected chi connectivity index (χ0v) is 16.2. The van der Waals surface area contributed by atoms with Crippen LogP contribution in [0.2, 0.25) is 0 Å². The number of carbonyl (C=O) groups is 1. The average molecular weight is 315 g/mol. The molecule has 0 saturated heterocycles. The average Bonchev–Trinajstić information content (AvgIpc) is 2.27. The van der Waals surface area contributed by atoms with E-state index in [0.717, 1.165) is 12.5 Å². The zero-order chi connectivity index (χ0) is 17.6. The van der Waals surface area contributed by atoms with Crippen molar-refractivity contribution in [3.63, 3.8) is 0 Å². The monoisotopic (exact) mass is 314 g/mol. The van der Waals surface area contributed by atoms with Crippen molar-refractivity contribution < 1.29 is 9.53 Å². The van der Waals surface area contributed by atoms with Crippen LogP contribution < -0.4 is 5.32 Å². The van der Waals surface area contributed by atoms with Crippen molar-refractivity contribution in [2.75, 3.05) is 13.1 Å². The number of nitrogens with one attached hydrogen (secondary N) is 1. The van der Waals surface area contributed by atoms with Gasteiger partial charge in [0.2, 0.25) is 0 Å². The van der Waals surface area contributed by atoms with Gasteiger partial charge in [0.25, 0.3) is 0 Å². The van der Waals surface area contributed by atoms with E-state index in [4.69, 9.17) is 4.74 Å². The van der Waals surface area contributed by atoms with E-state index in [-0.39, 0.29) is 11.6 Å². The number of amides is 1. The summed E-state index contributed by atoms with van der Waals surface area (Å²) in [6.07, 6.45) is 2.15. The van der Waals surface area contributed by atoms with E-state index in [9.17, 15) is 4.79 Å². The molecule has 0 heterocycles. The minimum Gasteiger partial charge on any atom is -0.444 e. The third-order valence-electron chi connectivity index (χ3n) is 3.43. The number of rotatable bonds is 7. The fourth-order valence-corrected chi connectivity index (χ4v) is 2.13. The van der Waals surface area contributed by atoms with Gasteiger partial charge >= 0.3 is 6.09 Å². The topological polar surface area (TPSA) is 41.6 Å². The number of ether oxygens (including phenoxy) is 1. The molecular weight excluding hydrogens is 276 g/mol. The molecule has 0 aromatic rings. The highest BCUT2D eigenvalue weighted by Gasteiger charge is 2.30. The molecule has 1 amide bonds. The lowest BCUT2D eigenvalue weighted by atomic mass is 10.0. The highest BCUT2D eigenvalue weighted by atomic mass is 16.6. The Bertz CT molecular complexity index is 327. The lowest BCUT2D eigenvalue weighted by Gasteiger charge is -2.37. The van der Waals surface area contributed by atoms with Crippen LogP contribution in [0.1, 0.15) is 75.2 Å². The molecule has 0 rings (SSSR count). The summed E-state index contributed by atoms with van der Waals surface area (Å²) in [5.74, 6) is 0.733. The Morgan fingerprint density at radius 3 is 2.00 bits per heavy atom. The van der Waals surface area contributed by atoms with Crippen molar-refractivity contribution in [1.82, 2.24) is 10.2 Å². The number of nitrogens with zero attached hydrogens (tertiary/aromatic N) is 1. The van der Waals surface area contributed by atoms with Gasteiger partial charge in [-0.25, -0.2) is 4.79 Å². The van der Waals surface area contributed by atoms with Gasteiger partial charge in [0.05, 0.1) is 0 Å². The minimum absolute atomic E-state index is 0.239. The first-order valence-corrected chi connectivity index (χ1v) is 8.57. The van der Waals surface area contributed by atoms with Crippen LogP contribution in [0.15, 0.2) is 0 Å². The van der Waals surface area contributed by atoms with Crippen LogP contribution in [-0.2, 0) is 4.74 Å². The Labute approximate surface area is 138 Å². The van der Waals surface area contributed by atoms with Crippen LogP contribution in [0.4, 0.5) is 4.79 Å². The normalized spacial score (nSPS) is 14.1. The molecule has 1 N–H and O–H groups in total. The first-order chi connectivity index (χ1) is 9.83.